The van der Waals surface area contributed by atoms with Gasteiger partial charge in [0.05, 0.1) is 15.6 Å². The van der Waals surface area contributed by atoms with Crippen molar-refractivity contribution in [2.75, 3.05) is 19.0 Å². The van der Waals surface area contributed by atoms with Crippen molar-refractivity contribution in [1.82, 2.24) is 0 Å². The van der Waals surface area contributed by atoms with Gasteiger partial charge in [0, 0.05) is 48.1 Å². The molecule has 4 heteroatoms. The van der Waals surface area contributed by atoms with E-state index in [9.17, 15) is 0 Å². The molecule has 0 radical (unpaired) electrons. The van der Waals surface area contributed by atoms with Crippen molar-refractivity contribution in [3.8, 4) is 0 Å². The molecule has 2 aromatic carbocycles. The Morgan fingerprint density at radius 2 is 1.38 bits per heavy atom. The maximum atomic E-state index is 5.91. The molecular formula is C28H41N2PPd. The molecule has 0 spiro atoms. The van der Waals surface area contributed by atoms with E-state index in [0.29, 0.717) is 10.3 Å². The molecule has 0 saturated heterocycles. The van der Waals surface area contributed by atoms with Crippen LogP contribution in [0.5, 0.6) is 0 Å². The van der Waals surface area contributed by atoms with Gasteiger partial charge in [-0.05, 0) is 72.2 Å². The van der Waals surface area contributed by atoms with E-state index in [2.05, 4.69) is 115 Å². The Labute approximate surface area is 211 Å². The first-order valence-electron chi connectivity index (χ1n) is 11.1. The van der Waals surface area contributed by atoms with Gasteiger partial charge >= 0.3 is 0 Å². The molecule has 0 fully saturated rings. The Bertz CT molecular complexity index is 858. The number of anilines is 1. The Morgan fingerprint density at radius 1 is 0.844 bits per heavy atom. The molecule has 1 aliphatic rings. The molecule has 2 N–H and O–H groups in total. The number of nitrogens with zero attached hydrogens (tertiary/aromatic N) is 1. The van der Waals surface area contributed by atoms with Crippen LogP contribution in [0, 0.1) is 6.04 Å². The first-order chi connectivity index (χ1) is 14.4. The summed E-state index contributed by atoms with van der Waals surface area (Å²) < 4.78 is 0. The average molecular weight is 543 g/mol. The van der Waals surface area contributed by atoms with Crippen molar-refractivity contribution < 1.29 is 20.4 Å². The van der Waals surface area contributed by atoms with Crippen LogP contribution >= 0.6 is 7.92 Å². The molecule has 178 valence electrons. The van der Waals surface area contributed by atoms with Crippen molar-refractivity contribution in [3.05, 3.63) is 84.4 Å². The minimum Gasteiger partial charge on any atom is -0.378 e. The molecule has 0 unspecified atom stereocenters. The van der Waals surface area contributed by atoms with Crippen LogP contribution < -0.4 is 15.9 Å². The van der Waals surface area contributed by atoms with Crippen LogP contribution in [0.1, 0.15) is 53.5 Å². The number of rotatable bonds is 3. The average Bonchev–Trinajstić information content (AvgIpc) is 2.68. The summed E-state index contributed by atoms with van der Waals surface area (Å²) in [6.45, 7) is 14.3. The third-order valence-corrected chi connectivity index (χ3v) is 9.25. The van der Waals surface area contributed by atoms with Crippen LogP contribution in [-0.2, 0) is 20.4 Å². The van der Waals surface area contributed by atoms with Crippen molar-refractivity contribution >= 4 is 24.5 Å². The minimum absolute atomic E-state index is 0. The van der Waals surface area contributed by atoms with Gasteiger partial charge < -0.3 is 10.6 Å². The predicted molar refractivity (Wildman–Crippen MR) is 144 cm³/mol. The van der Waals surface area contributed by atoms with Crippen molar-refractivity contribution in [1.29, 1.82) is 0 Å². The van der Waals surface area contributed by atoms with E-state index in [1.54, 1.807) is 5.30 Å². The molecule has 2 aromatic rings. The van der Waals surface area contributed by atoms with Crippen LogP contribution in [0.3, 0.4) is 0 Å². The predicted octanol–water partition coefficient (Wildman–Crippen LogP) is 6.71. The summed E-state index contributed by atoms with van der Waals surface area (Å²) in [6, 6.07) is 20.3. The third-order valence-electron chi connectivity index (χ3n) is 5.34. The molecule has 0 amide bonds. The second-order valence-corrected chi connectivity index (χ2v) is 14.7. The standard InChI is InChI=1S/C16H28NP.C12H12N.Pd/c1-15(2,3)18(16(4,5)6)14-11-9-13(10-12-14)17(7)8;13-12-9-5-4-8-11(12)10-6-2-1-3-7-10;/h9-12H,1-8H3;1-8H,9,13H2;/q;-1;/p+1. The maximum Gasteiger partial charge on any atom is 0.0927 e. The summed E-state index contributed by atoms with van der Waals surface area (Å²) in [5.41, 5.74) is 9.54. The topological polar surface area (TPSA) is 29.3 Å². The third kappa shape index (κ3) is 8.21. The molecular weight excluding hydrogens is 502 g/mol. The molecule has 2 nitrogen and oxygen atoms in total. The second-order valence-electron chi connectivity index (χ2n) is 10.4. The Kier molecular flexibility index (Phi) is 10.9. The van der Waals surface area contributed by atoms with Crippen LogP contribution in [-0.4, -0.2) is 24.4 Å². The molecule has 32 heavy (non-hydrogen) atoms. The molecule has 0 atom stereocenters. The Hall–Kier alpha value is -1.36. The largest absolute Gasteiger partial charge is 0.378 e. The summed E-state index contributed by atoms with van der Waals surface area (Å²) in [7, 11) is 3.57. The van der Waals surface area contributed by atoms with Crippen molar-refractivity contribution in [2.45, 2.75) is 58.3 Å². The van der Waals surface area contributed by atoms with E-state index >= 15 is 0 Å². The van der Waals surface area contributed by atoms with Gasteiger partial charge in [0.2, 0.25) is 0 Å². The van der Waals surface area contributed by atoms with Crippen LogP contribution in [0.4, 0.5) is 5.69 Å². The first kappa shape index (κ1) is 28.7. The van der Waals surface area contributed by atoms with E-state index in [-0.39, 0.29) is 20.4 Å². The van der Waals surface area contributed by atoms with Crippen molar-refractivity contribution in [3.63, 3.8) is 0 Å². The van der Waals surface area contributed by atoms with Crippen molar-refractivity contribution in [2.24, 2.45) is 5.73 Å². The SMILES string of the molecule is CN(C)c1ccc([PH+](C(C)(C)C)C(C)(C)C)cc1.N[C-]1CC=CC=C1c1ccccc1.[Pd]. The van der Waals surface area contributed by atoms with E-state index in [1.165, 1.54) is 11.3 Å². The van der Waals surface area contributed by atoms with E-state index < -0.39 is 7.92 Å². The monoisotopic (exact) mass is 542 g/mol. The van der Waals surface area contributed by atoms with Gasteiger partial charge in [-0.2, -0.15) is 11.6 Å². The number of nitrogens with two attached hydrogens (primary N) is 1. The fourth-order valence-electron chi connectivity index (χ4n) is 4.39. The van der Waals surface area contributed by atoms with Gasteiger partial charge in [0.25, 0.3) is 0 Å². The van der Waals surface area contributed by atoms with Crippen LogP contribution in [0.25, 0.3) is 5.57 Å². The van der Waals surface area contributed by atoms with Crippen LogP contribution in [0.2, 0.25) is 0 Å². The Balaban J connectivity index is 0.000000324. The molecule has 0 aliphatic heterocycles. The normalized spacial score (nSPS) is 13.7. The second kappa shape index (κ2) is 12.2. The zero-order valence-corrected chi connectivity index (χ0v) is 23.5. The van der Waals surface area contributed by atoms with Gasteiger partial charge in [-0.3, -0.25) is 0 Å². The molecule has 1 aliphatic carbocycles. The van der Waals surface area contributed by atoms with Gasteiger partial charge in [0.1, 0.15) is 0 Å². The van der Waals surface area contributed by atoms with Gasteiger partial charge in [-0.1, -0.05) is 18.2 Å². The molecule has 0 heterocycles. The van der Waals surface area contributed by atoms with Crippen LogP contribution in [0.15, 0.2) is 72.8 Å². The zero-order chi connectivity index (χ0) is 23.2. The van der Waals surface area contributed by atoms with Gasteiger partial charge in [-0.15, -0.1) is 35.9 Å². The number of benzene rings is 2. The first-order valence-corrected chi connectivity index (χ1v) is 12.6. The molecule has 0 aromatic heterocycles. The van der Waals surface area contributed by atoms with Gasteiger partial charge in [-0.25, -0.2) is 0 Å². The quantitative estimate of drug-likeness (QED) is 0.265. The fourth-order valence-corrected chi connectivity index (χ4v) is 8.87. The van der Waals surface area contributed by atoms with E-state index in [0.717, 1.165) is 18.0 Å². The van der Waals surface area contributed by atoms with Gasteiger partial charge in [0.15, 0.2) is 0 Å². The molecule has 0 saturated carbocycles. The number of hydrogen-bond acceptors (Lipinski definition) is 2. The summed E-state index contributed by atoms with van der Waals surface area (Å²) in [5.74, 6) is 0. The smallest absolute Gasteiger partial charge is 0.0927 e. The fraction of sp³-hybridized carbons (Fsp3) is 0.393. The van der Waals surface area contributed by atoms with E-state index in [4.69, 9.17) is 5.73 Å². The van der Waals surface area contributed by atoms with E-state index in [1.807, 2.05) is 18.2 Å². The summed E-state index contributed by atoms with van der Waals surface area (Å²) in [4.78, 5) is 2.16. The zero-order valence-electron chi connectivity index (χ0n) is 21.0. The number of hydrogen-bond donors (Lipinski definition) is 1. The summed E-state index contributed by atoms with van der Waals surface area (Å²) in [6.07, 6.45) is 7.05. The Morgan fingerprint density at radius 3 is 1.81 bits per heavy atom. The summed E-state index contributed by atoms with van der Waals surface area (Å²) >= 11 is 0. The summed E-state index contributed by atoms with van der Waals surface area (Å²) in [5, 5.41) is 2.30. The number of allylic oxidation sites excluding steroid dienone is 2. The molecule has 3 rings (SSSR count). The maximum absolute atomic E-state index is 5.91. The minimum atomic E-state index is -0.614. The molecule has 0 bridgehead atoms.